The van der Waals surface area contributed by atoms with Crippen molar-refractivity contribution in [1.82, 2.24) is 5.32 Å². The third kappa shape index (κ3) is 3.00. The van der Waals surface area contributed by atoms with Crippen LogP contribution < -0.4 is 5.32 Å². The van der Waals surface area contributed by atoms with Gasteiger partial charge in [-0.15, -0.1) is 11.6 Å². The number of ketones is 1. The maximum Gasteiger partial charge on any atom is 0.235 e. The molecule has 1 aromatic carbocycles. The first kappa shape index (κ1) is 14.5. The third-order valence-electron chi connectivity index (χ3n) is 3.20. The zero-order valence-electron chi connectivity index (χ0n) is 10.7. The third-order valence-corrected chi connectivity index (χ3v) is 3.93. The van der Waals surface area contributed by atoms with Gasteiger partial charge >= 0.3 is 0 Å². The first-order valence-corrected chi connectivity index (χ1v) is 7.39. The van der Waals surface area contributed by atoms with Crippen molar-refractivity contribution in [2.24, 2.45) is 0 Å². The highest BCUT2D eigenvalue weighted by Crippen LogP contribution is 2.36. The summed E-state index contributed by atoms with van der Waals surface area (Å²) in [5.41, 5.74) is 0.962. The number of piperidine rings is 1. The highest BCUT2D eigenvalue weighted by molar-refractivity contribution is 9.09. The molecule has 0 aliphatic carbocycles. The van der Waals surface area contributed by atoms with Crippen molar-refractivity contribution in [2.45, 2.75) is 36.0 Å². The van der Waals surface area contributed by atoms with Gasteiger partial charge in [0.2, 0.25) is 5.91 Å². The Morgan fingerprint density at radius 1 is 1.37 bits per heavy atom. The molecule has 1 amide bonds. The largest absolute Gasteiger partial charge is 0.350 e. The van der Waals surface area contributed by atoms with Crippen LogP contribution in [0.15, 0.2) is 24.3 Å². The molecule has 2 atom stereocenters. The fourth-order valence-corrected chi connectivity index (χ4v) is 3.04. The standard InChI is InChI=1S/C14H15BrClNO2/c1-14(2)7-10(18)11(13(19)17-14)8-5-3-4-6-9(8)12(15)16/h3-6,11-12H,7H2,1-2H3,(H,17,19). The van der Waals surface area contributed by atoms with E-state index in [2.05, 4.69) is 21.2 Å². The molecule has 5 heteroatoms. The van der Waals surface area contributed by atoms with Crippen molar-refractivity contribution >= 4 is 39.2 Å². The zero-order valence-corrected chi connectivity index (χ0v) is 13.1. The van der Waals surface area contributed by atoms with Crippen LogP contribution in [0.1, 0.15) is 41.6 Å². The molecule has 1 aliphatic rings. The van der Waals surface area contributed by atoms with E-state index >= 15 is 0 Å². The van der Waals surface area contributed by atoms with E-state index in [4.69, 9.17) is 11.6 Å². The number of carbonyl (C=O) groups excluding carboxylic acids is 2. The van der Waals surface area contributed by atoms with Gasteiger partial charge in [-0.2, -0.15) is 0 Å². The summed E-state index contributed by atoms with van der Waals surface area (Å²) in [6.07, 6.45) is 0.326. The van der Waals surface area contributed by atoms with Crippen molar-refractivity contribution in [3.63, 3.8) is 0 Å². The van der Waals surface area contributed by atoms with E-state index in [0.717, 1.165) is 5.56 Å². The van der Waals surface area contributed by atoms with E-state index in [1.165, 1.54) is 0 Å². The molecule has 19 heavy (non-hydrogen) atoms. The molecule has 0 bridgehead atoms. The second-order valence-corrected chi connectivity index (χ2v) is 7.26. The van der Waals surface area contributed by atoms with Gasteiger partial charge in [0.15, 0.2) is 5.78 Å². The van der Waals surface area contributed by atoms with Crippen LogP contribution in [0.5, 0.6) is 0 Å². The molecule has 1 heterocycles. The Morgan fingerprint density at radius 2 is 2.00 bits per heavy atom. The molecule has 0 spiro atoms. The van der Waals surface area contributed by atoms with E-state index in [1.54, 1.807) is 6.07 Å². The quantitative estimate of drug-likeness (QED) is 0.661. The molecule has 0 saturated carbocycles. The topological polar surface area (TPSA) is 46.2 Å². The molecule has 3 nitrogen and oxygen atoms in total. The smallest absolute Gasteiger partial charge is 0.235 e. The molecular weight excluding hydrogens is 330 g/mol. The van der Waals surface area contributed by atoms with E-state index in [1.807, 2.05) is 32.0 Å². The van der Waals surface area contributed by atoms with Gasteiger partial charge in [0.25, 0.3) is 0 Å². The van der Waals surface area contributed by atoms with Gasteiger partial charge in [-0.05, 0) is 25.0 Å². The van der Waals surface area contributed by atoms with E-state index in [0.29, 0.717) is 12.0 Å². The number of hydrogen-bond acceptors (Lipinski definition) is 2. The molecule has 0 radical (unpaired) electrons. The van der Waals surface area contributed by atoms with E-state index in [-0.39, 0.29) is 11.7 Å². The number of hydrogen-bond donors (Lipinski definition) is 1. The fraction of sp³-hybridized carbons (Fsp3) is 0.429. The van der Waals surface area contributed by atoms with Crippen LogP contribution in [-0.2, 0) is 9.59 Å². The molecule has 1 saturated heterocycles. The lowest BCUT2D eigenvalue weighted by Gasteiger charge is -2.34. The number of benzene rings is 1. The zero-order chi connectivity index (χ0) is 14.2. The van der Waals surface area contributed by atoms with Gasteiger partial charge in [-0.25, -0.2) is 0 Å². The predicted octanol–water partition coefficient (Wildman–Crippen LogP) is 3.27. The number of nitrogens with one attached hydrogen (secondary N) is 1. The molecule has 1 N–H and O–H groups in total. The molecule has 1 fully saturated rings. The van der Waals surface area contributed by atoms with Crippen LogP contribution in [0.2, 0.25) is 0 Å². The number of rotatable bonds is 2. The summed E-state index contributed by atoms with van der Waals surface area (Å²) in [5.74, 6) is -1.08. The number of halogens is 2. The lowest BCUT2D eigenvalue weighted by molar-refractivity contribution is -0.136. The Bertz CT molecular complexity index is 508. The van der Waals surface area contributed by atoms with Gasteiger partial charge in [0, 0.05) is 12.0 Å². The second kappa shape index (κ2) is 5.25. The Hall–Kier alpha value is -0.870. The molecule has 2 rings (SSSR count). The lowest BCUT2D eigenvalue weighted by atomic mass is 9.80. The summed E-state index contributed by atoms with van der Waals surface area (Å²) < 4.78 is -0.417. The van der Waals surface area contributed by atoms with Gasteiger partial charge in [-0.3, -0.25) is 9.59 Å². The van der Waals surface area contributed by atoms with Crippen molar-refractivity contribution in [3.05, 3.63) is 35.4 Å². The molecule has 0 aromatic heterocycles. The Kier molecular flexibility index (Phi) is 4.02. The molecule has 102 valence electrons. The number of amides is 1. The van der Waals surface area contributed by atoms with Gasteiger partial charge in [0.05, 0.1) is 0 Å². The van der Waals surface area contributed by atoms with Crippen LogP contribution in [0.3, 0.4) is 0 Å². The summed E-state index contributed by atoms with van der Waals surface area (Å²) >= 11 is 9.34. The number of carbonyl (C=O) groups is 2. The summed E-state index contributed by atoms with van der Waals surface area (Å²) in [4.78, 5) is 24.5. The Balaban J connectivity index is 2.42. The van der Waals surface area contributed by atoms with Crippen molar-refractivity contribution in [2.75, 3.05) is 0 Å². The average molecular weight is 345 g/mol. The normalized spacial score (nSPS) is 23.9. The highest BCUT2D eigenvalue weighted by Gasteiger charge is 2.40. The predicted molar refractivity (Wildman–Crippen MR) is 78.5 cm³/mol. The highest BCUT2D eigenvalue weighted by atomic mass is 79.9. The summed E-state index contributed by atoms with van der Waals surface area (Å²) in [6, 6.07) is 7.25. The number of Topliss-reactive ketones (excluding diaryl/α,β-unsaturated/α-hetero) is 1. The Labute approximate surface area is 125 Å². The van der Waals surface area contributed by atoms with Crippen molar-refractivity contribution in [3.8, 4) is 0 Å². The lowest BCUT2D eigenvalue weighted by Crippen LogP contribution is -2.53. The maximum atomic E-state index is 12.3. The van der Waals surface area contributed by atoms with E-state index < -0.39 is 15.7 Å². The van der Waals surface area contributed by atoms with Crippen LogP contribution in [0.25, 0.3) is 0 Å². The first-order valence-electron chi connectivity index (χ1n) is 6.03. The van der Waals surface area contributed by atoms with Crippen LogP contribution in [-0.4, -0.2) is 17.2 Å². The molecule has 1 aliphatic heterocycles. The summed E-state index contributed by atoms with van der Waals surface area (Å²) in [5, 5.41) is 2.88. The minimum absolute atomic E-state index is 0.0639. The summed E-state index contributed by atoms with van der Waals surface area (Å²) in [7, 11) is 0. The second-order valence-electron chi connectivity index (χ2n) is 5.38. The van der Waals surface area contributed by atoms with Gasteiger partial charge < -0.3 is 5.32 Å². The van der Waals surface area contributed by atoms with Gasteiger partial charge in [0.1, 0.15) is 10.2 Å². The summed E-state index contributed by atoms with van der Waals surface area (Å²) in [6.45, 7) is 3.69. The average Bonchev–Trinajstić information content (AvgIpc) is 2.26. The fourth-order valence-electron chi connectivity index (χ4n) is 2.42. The molecule has 1 aromatic rings. The van der Waals surface area contributed by atoms with Gasteiger partial charge in [-0.1, -0.05) is 40.2 Å². The first-order chi connectivity index (χ1) is 8.82. The minimum atomic E-state index is -0.761. The maximum absolute atomic E-state index is 12.3. The SMILES string of the molecule is CC1(C)CC(=O)C(c2ccccc2C(Cl)Br)C(=O)N1. The van der Waals surface area contributed by atoms with Crippen molar-refractivity contribution in [1.29, 1.82) is 0 Å². The van der Waals surface area contributed by atoms with Crippen molar-refractivity contribution < 1.29 is 9.59 Å². The minimum Gasteiger partial charge on any atom is -0.350 e. The Morgan fingerprint density at radius 3 is 2.58 bits per heavy atom. The monoisotopic (exact) mass is 343 g/mol. The van der Waals surface area contributed by atoms with Crippen LogP contribution in [0.4, 0.5) is 0 Å². The molecular formula is C14H15BrClNO2. The molecule has 2 unspecified atom stereocenters. The van der Waals surface area contributed by atoms with Crippen LogP contribution in [0, 0.1) is 0 Å². The van der Waals surface area contributed by atoms with Crippen LogP contribution >= 0.6 is 27.5 Å². The van der Waals surface area contributed by atoms with E-state index in [9.17, 15) is 9.59 Å². The number of alkyl halides is 2.